The van der Waals surface area contributed by atoms with Crippen LogP contribution < -0.4 is 10.0 Å². The summed E-state index contributed by atoms with van der Waals surface area (Å²) in [6.45, 7) is 1.95. The van der Waals surface area contributed by atoms with Crippen LogP contribution in [0.4, 0.5) is 0 Å². The van der Waals surface area contributed by atoms with Crippen molar-refractivity contribution in [1.29, 1.82) is 0 Å². The first-order valence-corrected chi connectivity index (χ1v) is 10.8. The molecule has 1 aliphatic carbocycles. The van der Waals surface area contributed by atoms with E-state index in [2.05, 4.69) is 15.2 Å². The first kappa shape index (κ1) is 19.4. The molecule has 2 aromatic carbocycles. The smallest absolute Gasteiger partial charge is 0.257 e. The number of hydrogen-bond acceptors (Lipinski definition) is 5. The van der Waals surface area contributed by atoms with Crippen molar-refractivity contribution in [2.75, 3.05) is 0 Å². The number of rotatable bonds is 7. The Labute approximate surface area is 169 Å². The molecule has 29 heavy (non-hydrogen) atoms. The van der Waals surface area contributed by atoms with Crippen LogP contribution in [0.5, 0.6) is 0 Å². The summed E-state index contributed by atoms with van der Waals surface area (Å²) in [5.41, 5.74) is 2.48. The molecule has 150 valence electrons. The number of carbonyl (C=O) groups is 1. The summed E-state index contributed by atoms with van der Waals surface area (Å²) in [5.74, 6) is 0.142. The minimum absolute atomic E-state index is 0.0598. The van der Waals surface area contributed by atoms with Gasteiger partial charge in [-0.3, -0.25) is 4.79 Å². The minimum Gasteiger partial charge on any atom is -0.360 e. The predicted molar refractivity (Wildman–Crippen MR) is 108 cm³/mol. The van der Waals surface area contributed by atoms with Gasteiger partial charge in [0.1, 0.15) is 17.0 Å². The molecule has 1 saturated carbocycles. The number of aryl methyl sites for hydroxylation is 1. The maximum atomic E-state index is 12.7. The molecule has 0 saturated heterocycles. The van der Waals surface area contributed by atoms with E-state index in [9.17, 15) is 13.2 Å². The largest absolute Gasteiger partial charge is 0.360 e. The molecule has 3 aromatic rings. The van der Waals surface area contributed by atoms with Crippen LogP contribution in [0, 0.1) is 6.92 Å². The van der Waals surface area contributed by atoms with Gasteiger partial charge in [0, 0.05) is 18.2 Å². The van der Waals surface area contributed by atoms with E-state index in [-0.39, 0.29) is 23.4 Å². The van der Waals surface area contributed by atoms with E-state index in [0.717, 1.165) is 24.0 Å². The minimum atomic E-state index is -3.48. The molecule has 7 nitrogen and oxygen atoms in total. The second-order valence-corrected chi connectivity index (χ2v) is 8.76. The summed E-state index contributed by atoms with van der Waals surface area (Å²) < 4.78 is 32.3. The topological polar surface area (TPSA) is 101 Å². The fraction of sp³-hybridized carbons (Fsp3) is 0.238. The van der Waals surface area contributed by atoms with Gasteiger partial charge in [-0.2, -0.15) is 0 Å². The Morgan fingerprint density at radius 3 is 2.45 bits per heavy atom. The normalized spacial score (nSPS) is 14.0. The van der Waals surface area contributed by atoms with Crippen molar-refractivity contribution in [3.63, 3.8) is 0 Å². The third-order valence-electron chi connectivity index (χ3n) is 4.72. The van der Waals surface area contributed by atoms with E-state index in [1.165, 1.54) is 0 Å². The SMILES string of the molecule is Cc1onc(-c2ccccc2)c1C(=O)NCc1ccc(S(=O)(=O)NC2CC2)cc1. The fourth-order valence-electron chi connectivity index (χ4n) is 2.98. The van der Waals surface area contributed by atoms with Gasteiger partial charge in [0.2, 0.25) is 10.0 Å². The van der Waals surface area contributed by atoms with Gasteiger partial charge < -0.3 is 9.84 Å². The number of amides is 1. The average Bonchev–Trinajstić information content (AvgIpc) is 3.44. The third kappa shape index (κ3) is 4.38. The van der Waals surface area contributed by atoms with Crippen molar-refractivity contribution in [1.82, 2.24) is 15.2 Å². The molecule has 1 heterocycles. The highest BCUT2D eigenvalue weighted by molar-refractivity contribution is 7.89. The van der Waals surface area contributed by atoms with E-state index in [0.29, 0.717) is 17.0 Å². The lowest BCUT2D eigenvalue weighted by atomic mass is 10.1. The van der Waals surface area contributed by atoms with Gasteiger partial charge in [0.25, 0.3) is 5.91 Å². The summed E-state index contributed by atoms with van der Waals surface area (Å²) in [7, 11) is -3.48. The van der Waals surface area contributed by atoms with Gasteiger partial charge in [-0.25, -0.2) is 13.1 Å². The molecule has 1 aliphatic rings. The molecule has 1 fully saturated rings. The zero-order valence-corrected chi connectivity index (χ0v) is 16.7. The van der Waals surface area contributed by atoms with E-state index in [4.69, 9.17) is 4.52 Å². The summed E-state index contributed by atoms with van der Waals surface area (Å²) in [5, 5.41) is 6.87. The quantitative estimate of drug-likeness (QED) is 0.622. The highest BCUT2D eigenvalue weighted by atomic mass is 32.2. The Balaban J connectivity index is 1.45. The van der Waals surface area contributed by atoms with Crippen LogP contribution in [-0.4, -0.2) is 25.5 Å². The van der Waals surface area contributed by atoms with Crippen LogP contribution in [0.2, 0.25) is 0 Å². The predicted octanol–water partition coefficient (Wildman–Crippen LogP) is 3.02. The van der Waals surface area contributed by atoms with Gasteiger partial charge in [-0.15, -0.1) is 0 Å². The molecule has 1 amide bonds. The molecule has 0 unspecified atom stereocenters. The van der Waals surface area contributed by atoms with Gasteiger partial charge >= 0.3 is 0 Å². The monoisotopic (exact) mass is 411 g/mol. The third-order valence-corrected chi connectivity index (χ3v) is 6.26. The highest BCUT2D eigenvalue weighted by Gasteiger charge is 2.28. The Morgan fingerprint density at radius 2 is 1.79 bits per heavy atom. The number of hydrogen-bond donors (Lipinski definition) is 2. The summed E-state index contributed by atoms with van der Waals surface area (Å²) in [4.78, 5) is 13.0. The molecule has 4 rings (SSSR count). The number of nitrogens with one attached hydrogen (secondary N) is 2. The van der Waals surface area contributed by atoms with Crippen molar-refractivity contribution in [3.8, 4) is 11.3 Å². The number of carbonyl (C=O) groups excluding carboxylic acids is 1. The molecule has 0 bridgehead atoms. The molecule has 2 N–H and O–H groups in total. The first-order valence-electron chi connectivity index (χ1n) is 9.35. The Kier molecular flexibility index (Phi) is 5.21. The maximum absolute atomic E-state index is 12.7. The van der Waals surface area contributed by atoms with Crippen molar-refractivity contribution < 1.29 is 17.7 Å². The van der Waals surface area contributed by atoms with Gasteiger partial charge in [0.05, 0.1) is 4.90 Å². The molecule has 0 aliphatic heterocycles. The number of sulfonamides is 1. The number of benzene rings is 2. The Bertz CT molecular complexity index is 1120. The Morgan fingerprint density at radius 1 is 1.10 bits per heavy atom. The van der Waals surface area contributed by atoms with Gasteiger partial charge in [-0.1, -0.05) is 47.6 Å². The highest BCUT2D eigenvalue weighted by Crippen LogP contribution is 2.25. The van der Waals surface area contributed by atoms with E-state index >= 15 is 0 Å². The van der Waals surface area contributed by atoms with Gasteiger partial charge in [0.15, 0.2) is 0 Å². The van der Waals surface area contributed by atoms with E-state index in [1.807, 2.05) is 30.3 Å². The summed E-state index contributed by atoms with van der Waals surface area (Å²) >= 11 is 0. The molecule has 1 aromatic heterocycles. The van der Waals surface area contributed by atoms with Crippen molar-refractivity contribution >= 4 is 15.9 Å². The molecule has 0 atom stereocenters. The standard InChI is InChI=1S/C21H21N3O4S/c1-14-19(20(23-28-14)16-5-3-2-4-6-16)21(25)22-13-15-7-11-18(12-8-15)29(26,27)24-17-9-10-17/h2-8,11-12,17,24H,9-10,13H2,1H3,(H,22,25). The molecular weight excluding hydrogens is 390 g/mol. The van der Waals surface area contributed by atoms with Crippen LogP contribution in [0.1, 0.15) is 34.5 Å². The number of aromatic nitrogens is 1. The summed E-state index contributed by atoms with van der Waals surface area (Å²) in [6, 6.07) is 15.9. The second kappa shape index (κ2) is 7.81. The second-order valence-electron chi connectivity index (χ2n) is 7.05. The van der Waals surface area contributed by atoms with Crippen LogP contribution in [0.15, 0.2) is 64.0 Å². The van der Waals surface area contributed by atoms with Crippen LogP contribution in [0.25, 0.3) is 11.3 Å². The van der Waals surface area contributed by atoms with Crippen LogP contribution in [0.3, 0.4) is 0 Å². The lowest BCUT2D eigenvalue weighted by molar-refractivity contribution is 0.0950. The Hall–Kier alpha value is -2.97. The molecule has 0 spiro atoms. The lowest BCUT2D eigenvalue weighted by Crippen LogP contribution is -2.26. The van der Waals surface area contributed by atoms with Crippen molar-refractivity contribution in [2.24, 2.45) is 0 Å². The zero-order chi connectivity index (χ0) is 20.4. The van der Waals surface area contributed by atoms with Crippen molar-refractivity contribution in [2.45, 2.75) is 37.2 Å². The molecule has 8 heteroatoms. The maximum Gasteiger partial charge on any atom is 0.257 e. The molecular formula is C21H21N3O4S. The number of nitrogens with zero attached hydrogens (tertiary/aromatic N) is 1. The first-order chi connectivity index (χ1) is 13.9. The van der Waals surface area contributed by atoms with Crippen LogP contribution >= 0.6 is 0 Å². The fourth-order valence-corrected chi connectivity index (χ4v) is 4.28. The van der Waals surface area contributed by atoms with Crippen molar-refractivity contribution in [3.05, 3.63) is 71.5 Å². The van der Waals surface area contributed by atoms with Gasteiger partial charge in [-0.05, 0) is 37.5 Å². The van der Waals surface area contributed by atoms with Crippen LogP contribution in [-0.2, 0) is 16.6 Å². The zero-order valence-electron chi connectivity index (χ0n) is 15.9. The average molecular weight is 411 g/mol. The van der Waals surface area contributed by atoms with E-state index < -0.39 is 10.0 Å². The lowest BCUT2D eigenvalue weighted by Gasteiger charge is -2.08. The molecule has 0 radical (unpaired) electrons. The van der Waals surface area contributed by atoms with E-state index in [1.54, 1.807) is 31.2 Å². The summed E-state index contributed by atoms with van der Waals surface area (Å²) in [6.07, 6.45) is 1.77.